The lowest BCUT2D eigenvalue weighted by Crippen LogP contribution is -2.13. The second-order valence-corrected chi connectivity index (χ2v) is 3.50. The summed E-state index contributed by atoms with van der Waals surface area (Å²) in [6.07, 6.45) is 4.49. The molecule has 0 radical (unpaired) electrons. The smallest absolute Gasteiger partial charge is 0.256 e. The number of amides is 1. The van der Waals surface area contributed by atoms with Crippen LogP contribution in [0.5, 0.6) is 5.75 Å². The van der Waals surface area contributed by atoms with Crippen LogP contribution in [0.1, 0.15) is 10.4 Å². The van der Waals surface area contributed by atoms with E-state index in [1.165, 1.54) is 25.7 Å². The highest BCUT2D eigenvalue weighted by atomic mass is 16.5. The summed E-state index contributed by atoms with van der Waals surface area (Å²) in [7, 11) is 1.52. The Hall–Kier alpha value is -2.63. The largest absolute Gasteiger partial charge is 0.495 e. The molecule has 1 amide bonds. The molecule has 0 unspecified atom stereocenters. The molecule has 1 aromatic heterocycles. The van der Waals surface area contributed by atoms with Crippen molar-refractivity contribution in [3.05, 3.63) is 42.4 Å². The molecule has 2 rings (SSSR count). The first-order valence-corrected chi connectivity index (χ1v) is 5.21. The van der Waals surface area contributed by atoms with Crippen LogP contribution in [0, 0.1) is 0 Å². The Bertz CT molecular complexity index is 557. The number of nitrogens with zero attached hydrogens (tertiary/aromatic N) is 2. The zero-order valence-electron chi connectivity index (χ0n) is 9.75. The number of nitrogen functional groups attached to an aromatic ring is 1. The lowest BCUT2D eigenvalue weighted by atomic mass is 10.2. The number of methoxy groups -OCH3 is 1. The second-order valence-electron chi connectivity index (χ2n) is 3.50. The number of nitrogens with one attached hydrogen (secondary N) is 1. The predicted molar refractivity (Wildman–Crippen MR) is 67.4 cm³/mol. The third kappa shape index (κ3) is 2.54. The van der Waals surface area contributed by atoms with Gasteiger partial charge in [-0.3, -0.25) is 9.78 Å². The predicted octanol–water partition coefficient (Wildman–Crippen LogP) is 1.32. The molecule has 0 bridgehead atoms. The fraction of sp³-hybridized carbons (Fsp3) is 0.0833. The quantitative estimate of drug-likeness (QED) is 0.795. The molecule has 0 aliphatic rings. The van der Waals surface area contributed by atoms with Gasteiger partial charge in [-0.2, -0.15) is 0 Å². The minimum Gasteiger partial charge on any atom is -0.495 e. The van der Waals surface area contributed by atoms with Gasteiger partial charge >= 0.3 is 0 Å². The Morgan fingerprint density at radius 2 is 2.22 bits per heavy atom. The van der Waals surface area contributed by atoms with Crippen LogP contribution in [0.15, 0.2) is 36.8 Å². The van der Waals surface area contributed by atoms with Gasteiger partial charge in [0.15, 0.2) is 5.82 Å². The second kappa shape index (κ2) is 5.13. The van der Waals surface area contributed by atoms with Gasteiger partial charge in [-0.25, -0.2) is 4.98 Å². The number of anilines is 2. The average molecular weight is 244 g/mol. The van der Waals surface area contributed by atoms with E-state index in [0.29, 0.717) is 22.8 Å². The van der Waals surface area contributed by atoms with Gasteiger partial charge in [0.1, 0.15) is 5.75 Å². The van der Waals surface area contributed by atoms with E-state index in [1.54, 1.807) is 18.2 Å². The molecule has 0 aliphatic carbocycles. The number of carbonyl (C=O) groups excluding carboxylic acids is 1. The maximum Gasteiger partial charge on any atom is 0.256 e. The molecule has 0 saturated carbocycles. The fourth-order valence-electron chi connectivity index (χ4n) is 1.43. The third-order valence-corrected chi connectivity index (χ3v) is 2.30. The standard InChI is InChI=1S/C12H12N4O2/c1-18-10-3-2-8(6-9(10)13)12(17)16-11-7-14-4-5-15-11/h2-7H,13H2,1H3,(H,15,16,17). The Labute approximate surface area is 104 Å². The molecule has 0 aliphatic heterocycles. The van der Waals surface area contributed by atoms with Crippen molar-refractivity contribution >= 4 is 17.4 Å². The number of hydrogen-bond acceptors (Lipinski definition) is 5. The van der Waals surface area contributed by atoms with Gasteiger partial charge in [0.2, 0.25) is 0 Å². The average Bonchev–Trinajstić information content (AvgIpc) is 2.39. The van der Waals surface area contributed by atoms with Gasteiger partial charge in [0, 0.05) is 18.0 Å². The van der Waals surface area contributed by atoms with Crippen LogP contribution in [-0.4, -0.2) is 23.0 Å². The van der Waals surface area contributed by atoms with Gasteiger partial charge in [0.25, 0.3) is 5.91 Å². The lowest BCUT2D eigenvalue weighted by Gasteiger charge is -2.07. The molecule has 92 valence electrons. The van der Waals surface area contributed by atoms with Crippen molar-refractivity contribution in [3.8, 4) is 5.75 Å². The molecule has 2 aromatic rings. The summed E-state index contributed by atoms with van der Waals surface area (Å²) in [6, 6.07) is 4.81. The highest BCUT2D eigenvalue weighted by Gasteiger charge is 2.09. The summed E-state index contributed by atoms with van der Waals surface area (Å²) in [4.78, 5) is 19.7. The van der Waals surface area contributed by atoms with E-state index >= 15 is 0 Å². The Balaban J connectivity index is 2.17. The van der Waals surface area contributed by atoms with Crippen molar-refractivity contribution in [2.75, 3.05) is 18.2 Å². The molecule has 0 fully saturated rings. The number of benzene rings is 1. The molecule has 3 N–H and O–H groups in total. The maximum atomic E-state index is 11.9. The number of carbonyl (C=O) groups is 1. The van der Waals surface area contributed by atoms with E-state index in [2.05, 4.69) is 15.3 Å². The molecule has 1 heterocycles. The first-order chi connectivity index (χ1) is 8.70. The van der Waals surface area contributed by atoms with Crippen molar-refractivity contribution in [1.82, 2.24) is 9.97 Å². The molecule has 0 saturated heterocycles. The summed E-state index contributed by atoms with van der Waals surface area (Å²) in [5.41, 5.74) is 6.57. The fourth-order valence-corrected chi connectivity index (χ4v) is 1.43. The van der Waals surface area contributed by atoms with Crippen LogP contribution >= 0.6 is 0 Å². The SMILES string of the molecule is COc1ccc(C(=O)Nc2cnccn2)cc1N. The number of hydrogen-bond donors (Lipinski definition) is 2. The molecular formula is C12H12N4O2. The molecular weight excluding hydrogens is 232 g/mol. The summed E-state index contributed by atoms with van der Waals surface area (Å²) >= 11 is 0. The summed E-state index contributed by atoms with van der Waals surface area (Å²) < 4.78 is 5.02. The van der Waals surface area contributed by atoms with Crippen molar-refractivity contribution in [1.29, 1.82) is 0 Å². The van der Waals surface area contributed by atoms with E-state index in [9.17, 15) is 4.79 Å². The Morgan fingerprint density at radius 3 is 2.83 bits per heavy atom. The van der Waals surface area contributed by atoms with E-state index in [1.807, 2.05) is 0 Å². The minimum absolute atomic E-state index is 0.301. The van der Waals surface area contributed by atoms with Gasteiger partial charge in [-0.15, -0.1) is 0 Å². The highest BCUT2D eigenvalue weighted by molar-refractivity contribution is 6.04. The zero-order valence-corrected chi connectivity index (χ0v) is 9.75. The van der Waals surface area contributed by atoms with Crippen LogP contribution < -0.4 is 15.8 Å². The monoisotopic (exact) mass is 244 g/mol. The number of nitrogens with two attached hydrogens (primary N) is 1. The first kappa shape index (κ1) is 11.8. The van der Waals surface area contributed by atoms with Crippen molar-refractivity contribution in [3.63, 3.8) is 0 Å². The van der Waals surface area contributed by atoms with Crippen molar-refractivity contribution < 1.29 is 9.53 Å². The summed E-state index contributed by atoms with van der Waals surface area (Å²) in [5, 5.41) is 2.61. The molecule has 0 atom stereocenters. The van der Waals surface area contributed by atoms with E-state index < -0.39 is 0 Å². The highest BCUT2D eigenvalue weighted by Crippen LogP contribution is 2.22. The van der Waals surface area contributed by atoms with Crippen LogP contribution in [0.3, 0.4) is 0 Å². The summed E-state index contributed by atoms with van der Waals surface area (Å²) in [6.45, 7) is 0. The Morgan fingerprint density at radius 1 is 1.39 bits per heavy atom. The van der Waals surface area contributed by atoms with Crippen LogP contribution in [0.2, 0.25) is 0 Å². The lowest BCUT2D eigenvalue weighted by molar-refractivity contribution is 0.102. The number of aromatic nitrogens is 2. The number of rotatable bonds is 3. The van der Waals surface area contributed by atoms with E-state index in [-0.39, 0.29) is 5.91 Å². The Kier molecular flexibility index (Phi) is 3.38. The van der Waals surface area contributed by atoms with Gasteiger partial charge < -0.3 is 15.8 Å². The molecule has 0 spiro atoms. The van der Waals surface area contributed by atoms with Gasteiger partial charge in [0.05, 0.1) is 19.0 Å². The molecule has 6 nitrogen and oxygen atoms in total. The van der Waals surface area contributed by atoms with Crippen LogP contribution in [0.4, 0.5) is 11.5 Å². The van der Waals surface area contributed by atoms with Gasteiger partial charge in [-0.05, 0) is 18.2 Å². The maximum absolute atomic E-state index is 11.9. The normalized spacial score (nSPS) is 9.83. The third-order valence-electron chi connectivity index (χ3n) is 2.30. The van der Waals surface area contributed by atoms with E-state index in [0.717, 1.165) is 0 Å². The number of ether oxygens (including phenoxy) is 1. The van der Waals surface area contributed by atoms with Crippen molar-refractivity contribution in [2.24, 2.45) is 0 Å². The zero-order chi connectivity index (χ0) is 13.0. The molecule has 1 aromatic carbocycles. The van der Waals surface area contributed by atoms with Gasteiger partial charge in [-0.1, -0.05) is 0 Å². The summed E-state index contributed by atoms with van der Waals surface area (Å²) in [5.74, 6) is 0.618. The van der Waals surface area contributed by atoms with E-state index in [4.69, 9.17) is 10.5 Å². The molecule has 18 heavy (non-hydrogen) atoms. The van der Waals surface area contributed by atoms with Crippen LogP contribution in [-0.2, 0) is 0 Å². The first-order valence-electron chi connectivity index (χ1n) is 5.21. The topological polar surface area (TPSA) is 90.1 Å². The van der Waals surface area contributed by atoms with Crippen LogP contribution in [0.25, 0.3) is 0 Å². The van der Waals surface area contributed by atoms with Crippen molar-refractivity contribution in [2.45, 2.75) is 0 Å². The molecule has 6 heteroatoms. The minimum atomic E-state index is -0.301.